The molecule has 4 nitrogen and oxygen atoms in total. The molecule has 5 heteroatoms. The second-order valence-electron chi connectivity index (χ2n) is 5.49. The molecule has 0 amide bonds. The van der Waals surface area contributed by atoms with E-state index in [2.05, 4.69) is 60.4 Å². The maximum Gasteiger partial charge on any atom is 0.188 e. The number of anilines is 1. The zero-order chi connectivity index (χ0) is 14.8. The van der Waals surface area contributed by atoms with Crippen molar-refractivity contribution >= 4 is 35.6 Å². The largest absolute Gasteiger partial charge is 0.375 e. The molecule has 0 unspecified atom stereocenters. The van der Waals surface area contributed by atoms with Crippen molar-refractivity contribution < 1.29 is 0 Å². The molecule has 0 bridgehead atoms. The van der Waals surface area contributed by atoms with Crippen molar-refractivity contribution in [2.45, 2.75) is 26.7 Å². The van der Waals surface area contributed by atoms with Gasteiger partial charge in [-0.1, -0.05) is 32.0 Å². The van der Waals surface area contributed by atoms with E-state index in [1.54, 1.807) is 0 Å². The van der Waals surface area contributed by atoms with Gasteiger partial charge in [0.1, 0.15) is 0 Å². The van der Waals surface area contributed by atoms with Gasteiger partial charge in [0.05, 0.1) is 0 Å². The molecule has 0 saturated carbocycles. The molecule has 3 N–H and O–H groups in total. The minimum Gasteiger partial charge on any atom is -0.375 e. The molecule has 0 aromatic heterocycles. The molecule has 0 heterocycles. The molecule has 1 aromatic rings. The number of rotatable bonds is 8. The smallest absolute Gasteiger partial charge is 0.188 e. The first kappa shape index (κ1) is 20.0. The van der Waals surface area contributed by atoms with E-state index in [0.717, 1.165) is 32.5 Å². The van der Waals surface area contributed by atoms with E-state index < -0.39 is 0 Å². The van der Waals surface area contributed by atoms with Crippen LogP contribution in [0.15, 0.2) is 35.3 Å². The van der Waals surface area contributed by atoms with Gasteiger partial charge in [0, 0.05) is 32.4 Å². The van der Waals surface area contributed by atoms with Crippen LogP contribution in [0.5, 0.6) is 0 Å². The zero-order valence-corrected chi connectivity index (χ0v) is 15.7. The monoisotopic (exact) mass is 404 g/mol. The maximum absolute atomic E-state index is 5.81. The number of aliphatic imine (C=N–C) groups is 1. The van der Waals surface area contributed by atoms with Gasteiger partial charge in [0.15, 0.2) is 5.96 Å². The van der Waals surface area contributed by atoms with Crippen LogP contribution in [0.2, 0.25) is 0 Å². The highest BCUT2D eigenvalue weighted by atomic mass is 127. The second-order valence-corrected chi connectivity index (χ2v) is 5.49. The van der Waals surface area contributed by atoms with Crippen molar-refractivity contribution in [2.24, 2.45) is 16.6 Å². The van der Waals surface area contributed by atoms with Crippen LogP contribution in [-0.2, 0) is 0 Å². The third kappa shape index (κ3) is 9.55. The summed E-state index contributed by atoms with van der Waals surface area (Å²) in [7, 11) is 2.10. The van der Waals surface area contributed by atoms with E-state index in [9.17, 15) is 0 Å². The van der Waals surface area contributed by atoms with Crippen molar-refractivity contribution in [2.75, 3.05) is 31.6 Å². The highest BCUT2D eigenvalue weighted by Crippen LogP contribution is 2.10. The fourth-order valence-electron chi connectivity index (χ4n) is 1.86. The number of nitrogens with one attached hydrogen (secondary N) is 1. The Labute approximate surface area is 146 Å². The molecule has 0 radical (unpaired) electrons. The minimum absolute atomic E-state index is 0. The molecule has 0 atom stereocenters. The number of benzene rings is 1. The topological polar surface area (TPSA) is 53.6 Å². The SMILES string of the molecule is CC(C)CCNC(N)=NCCCN(C)c1ccccc1.I. The average Bonchev–Trinajstić information content (AvgIpc) is 2.44. The molecular weight excluding hydrogens is 375 g/mol. The number of halogens is 1. The number of hydrogen-bond acceptors (Lipinski definition) is 2. The van der Waals surface area contributed by atoms with Crippen LogP contribution in [0.25, 0.3) is 0 Å². The van der Waals surface area contributed by atoms with E-state index >= 15 is 0 Å². The molecule has 1 aromatic carbocycles. The number of guanidine groups is 1. The lowest BCUT2D eigenvalue weighted by Gasteiger charge is -2.18. The van der Waals surface area contributed by atoms with E-state index in [1.807, 2.05) is 6.07 Å². The molecular formula is C16H29IN4. The van der Waals surface area contributed by atoms with Gasteiger partial charge in [-0.15, -0.1) is 24.0 Å². The van der Waals surface area contributed by atoms with Gasteiger partial charge in [-0.25, -0.2) is 0 Å². The summed E-state index contributed by atoms with van der Waals surface area (Å²) < 4.78 is 0. The highest BCUT2D eigenvalue weighted by molar-refractivity contribution is 14.0. The van der Waals surface area contributed by atoms with Crippen molar-refractivity contribution in [3.63, 3.8) is 0 Å². The fourth-order valence-corrected chi connectivity index (χ4v) is 1.86. The number of hydrogen-bond donors (Lipinski definition) is 2. The lowest BCUT2D eigenvalue weighted by atomic mass is 10.1. The number of nitrogens with zero attached hydrogens (tertiary/aromatic N) is 2. The van der Waals surface area contributed by atoms with Gasteiger partial charge in [-0.05, 0) is 30.9 Å². The van der Waals surface area contributed by atoms with E-state index in [-0.39, 0.29) is 24.0 Å². The third-order valence-corrected chi connectivity index (χ3v) is 3.16. The van der Waals surface area contributed by atoms with Gasteiger partial charge in [0.2, 0.25) is 0 Å². The lowest BCUT2D eigenvalue weighted by Crippen LogP contribution is -2.33. The molecule has 0 aliphatic carbocycles. The Kier molecular flexibility index (Phi) is 11.1. The lowest BCUT2D eigenvalue weighted by molar-refractivity contribution is 0.576. The van der Waals surface area contributed by atoms with Gasteiger partial charge in [-0.3, -0.25) is 4.99 Å². The molecule has 1 rings (SSSR count). The van der Waals surface area contributed by atoms with Crippen LogP contribution in [0.4, 0.5) is 5.69 Å². The molecule has 0 fully saturated rings. The molecule has 0 aliphatic rings. The average molecular weight is 404 g/mol. The number of nitrogens with two attached hydrogens (primary N) is 1. The molecule has 120 valence electrons. The summed E-state index contributed by atoms with van der Waals surface area (Å²) in [5.41, 5.74) is 7.05. The summed E-state index contributed by atoms with van der Waals surface area (Å²) in [6.07, 6.45) is 2.12. The summed E-state index contributed by atoms with van der Waals surface area (Å²) in [4.78, 5) is 6.58. The third-order valence-electron chi connectivity index (χ3n) is 3.16. The van der Waals surface area contributed by atoms with E-state index in [0.29, 0.717) is 11.9 Å². The minimum atomic E-state index is 0. The Morgan fingerprint density at radius 2 is 1.95 bits per heavy atom. The van der Waals surface area contributed by atoms with Crippen LogP contribution >= 0.6 is 24.0 Å². The predicted molar refractivity (Wildman–Crippen MR) is 104 cm³/mol. The van der Waals surface area contributed by atoms with E-state index in [4.69, 9.17) is 5.73 Å². The Bertz CT molecular complexity index is 393. The predicted octanol–water partition coefficient (Wildman–Crippen LogP) is 3.08. The van der Waals surface area contributed by atoms with Crippen molar-refractivity contribution in [3.8, 4) is 0 Å². The normalized spacial score (nSPS) is 11.1. The van der Waals surface area contributed by atoms with Crippen LogP contribution in [0.1, 0.15) is 26.7 Å². The zero-order valence-electron chi connectivity index (χ0n) is 13.4. The first-order chi connectivity index (χ1) is 9.59. The summed E-state index contributed by atoms with van der Waals surface area (Å²) in [5, 5.41) is 3.15. The molecule has 21 heavy (non-hydrogen) atoms. The Hall–Kier alpha value is -0.980. The summed E-state index contributed by atoms with van der Waals surface area (Å²) in [5.74, 6) is 1.25. The quantitative estimate of drug-likeness (QED) is 0.303. The fraction of sp³-hybridized carbons (Fsp3) is 0.562. The second kappa shape index (κ2) is 11.7. The number of para-hydroxylation sites is 1. The van der Waals surface area contributed by atoms with Crippen molar-refractivity contribution in [1.82, 2.24) is 5.32 Å². The van der Waals surface area contributed by atoms with E-state index in [1.165, 1.54) is 5.69 Å². The first-order valence-electron chi connectivity index (χ1n) is 7.39. The maximum atomic E-state index is 5.81. The summed E-state index contributed by atoms with van der Waals surface area (Å²) >= 11 is 0. The Balaban J connectivity index is 0.00000400. The van der Waals surface area contributed by atoms with Gasteiger partial charge < -0.3 is 16.0 Å². The van der Waals surface area contributed by atoms with Crippen LogP contribution in [-0.4, -0.2) is 32.6 Å². The van der Waals surface area contributed by atoms with Gasteiger partial charge in [-0.2, -0.15) is 0 Å². The van der Waals surface area contributed by atoms with Crippen molar-refractivity contribution in [3.05, 3.63) is 30.3 Å². The van der Waals surface area contributed by atoms with Crippen LogP contribution in [0, 0.1) is 5.92 Å². The Morgan fingerprint density at radius 1 is 1.29 bits per heavy atom. The summed E-state index contributed by atoms with van der Waals surface area (Å²) in [6, 6.07) is 10.4. The molecule has 0 saturated heterocycles. The first-order valence-corrected chi connectivity index (χ1v) is 7.39. The standard InChI is InChI=1S/C16H28N4.HI/c1-14(2)10-12-19-16(17)18-11-7-13-20(3)15-8-5-4-6-9-15;/h4-6,8-9,14H,7,10-13H2,1-3H3,(H3,17,18,19);1H. The van der Waals surface area contributed by atoms with Gasteiger partial charge >= 0.3 is 0 Å². The van der Waals surface area contributed by atoms with Crippen LogP contribution < -0.4 is 16.0 Å². The summed E-state index contributed by atoms with van der Waals surface area (Å²) in [6.45, 7) is 7.05. The van der Waals surface area contributed by atoms with Gasteiger partial charge in [0.25, 0.3) is 0 Å². The molecule has 0 aliphatic heterocycles. The van der Waals surface area contributed by atoms with Crippen LogP contribution in [0.3, 0.4) is 0 Å². The highest BCUT2D eigenvalue weighted by Gasteiger charge is 1.99. The molecule has 0 spiro atoms. The Morgan fingerprint density at radius 3 is 2.57 bits per heavy atom. The van der Waals surface area contributed by atoms with Crippen molar-refractivity contribution in [1.29, 1.82) is 0 Å².